The molecular weight excluding hydrogens is 490 g/mol. The lowest BCUT2D eigenvalue weighted by Crippen LogP contribution is -2.52. The zero-order chi connectivity index (χ0) is 24.5. The van der Waals surface area contributed by atoms with Crippen LogP contribution in [0.25, 0.3) is 0 Å². The molecule has 178 valence electrons. The molecule has 0 spiro atoms. The Hall–Kier alpha value is -2.16. The van der Waals surface area contributed by atoms with E-state index in [1.807, 2.05) is 0 Å². The molecule has 2 atom stereocenters. The molecule has 0 fully saturated rings. The van der Waals surface area contributed by atoms with Crippen LogP contribution >= 0.6 is 0 Å². The van der Waals surface area contributed by atoms with Gasteiger partial charge in [0.2, 0.25) is 12.2 Å². The van der Waals surface area contributed by atoms with Crippen molar-refractivity contribution in [2.24, 2.45) is 0 Å². The molecule has 2 aromatic carbocycles. The minimum Gasteiger partial charge on any atom is -0.250 e. The van der Waals surface area contributed by atoms with Gasteiger partial charge < -0.3 is 0 Å². The number of aryl methyl sites for hydroxylation is 2. The van der Waals surface area contributed by atoms with Gasteiger partial charge in [0.25, 0.3) is 20.2 Å². The molecule has 0 bridgehead atoms. The van der Waals surface area contributed by atoms with E-state index < -0.39 is 54.6 Å². The highest BCUT2D eigenvalue weighted by molar-refractivity contribution is 7.87. The van der Waals surface area contributed by atoms with Gasteiger partial charge >= 0.3 is 12.4 Å². The summed E-state index contributed by atoms with van der Waals surface area (Å²) in [6.45, 7) is 3.05. The fourth-order valence-corrected chi connectivity index (χ4v) is 4.47. The fourth-order valence-electron chi connectivity index (χ4n) is 2.35. The summed E-state index contributed by atoms with van der Waals surface area (Å²) < 4.78 is 137. The van der Waals surface area contributed by atoms with Crippen molar-refractivity contribution in [3.8, 4) is 0 Å². The van der Waals surface area contributed by atoms with Crippen LogP contribution in [0.15, 0.2) is 58.3 Å². The summed E-state index contributed by atoms with van der Waals surface area (Å²) in [5.41, 5.74) is 1.02. The van der Waals surface area contributed by atoms with E-state index in [0.29, 0.717) is 11.1 Å². The Morgan fingerprint density at radius 1 is 0.594 bits per heavy atom. The number of alkyl halides is 6. The van der Waals surface area contributed by atoms with Gasteiger partial charge in [-0.05, 0) is 38.1 Å². The van der Waals surface area contributed by atoms with Crippen molar-refractivity contribution in [3.05, 3.63) is 59.7 Å². The van der Waals surface area contributed by atoms with Gasteiger partial charge in [0.05, 0.1) is 9.79 Å². The molecule has 6 nitrogen and oxygen atoms in total. The standard InChI is InChI=1S/C18H16F6O6S2/c1-11-3-7-13(8-4-11)31(25,26)29-15(17(19,20)21)16(18(22,23)24)30-32(27,28)14-9-5-12(2)6-10-14/h3-10,15-16H,1-2H3. The highest BCUT2D eigenvalue weighted by Gasteiger charge is 2.61. The Balaban J connectivity index is 2.50. The fraction of sp³-hybridized carbons (Fsp3) is 0.333. The third kappa shape index (κ3) is 6.43. The van der Waals surface area contributed by atoms with Crippen LogP contribution in [0.4, 0.5) is 26.3 Å². The van der Waals surface area contributed by atoms with E-state index in [1.165, 1.54) is 38.1 Å². The van der Waals surface area contributed by atoms with Crippen LogP contribution in [0.3, 0.4) is 0 Å². The lowest BCUT2D eigenvalue weighted by molar-refractivity contribution is -0.278. The average Bonchev–Trinajstić information content (AvgIpc) is 2.63. The quantitative estimate of drug-likeness (QED) is 0.412. The molecule has 0 aliphatic rings. The van der Waals surface area contributed by atoms with Crippen LogP contribution in [0.5, 0.6) is 0 Å². The maximum absolute atomic E-state index is 13.5. The zero-order valence-electron chi connectivity index (χ0n) is 16.3. The molecule has 0 saturated carbocycles. The van der Waals surface area contributed by atoms with Crippen LogP contribution in [0.1, 0.15) is 11.1 Å². The second-order valence-corrected chi connectivity index (χ2v) is 9.80. The molecule has 0 heterocycles. The van der Waals surface area contributed by atoms with Crippen molar-refractivity contribution in [1.29, 1.82) is 0 Å². The lowest BCUT2D eigenvalue weighted by Gasteiger charge is -2.29. The molecule has 32 heavy (non-hydrogen) atoms. The molecule has 2 unspecified atom stereocenters. The molecular formula is C18H16F6O6S2. The van der Waals surface area contributed by atoms with Crippen LogP contribution in [-0.2, 0) is 28.6 Å². The summed E-state index contributed by atoms with van der Waals surface area (Å²) >= 11 is 0. The normalized spacial score (nSPS) is 15.4. The summed E-state index contributed by atoms with van der Waals surface area (Å²) in [4.78, 5) is -1.72. The van der Waals surface area contributed by atoms with Crippen molar-refractivity contribution in [2.45, 2.75) is 48.2 Å². The SMILES string of the molecule is Cc1ccc(S(=O)(=O)OC(C(OS(=O)(=O)c2ccc(C)cc2)C(F)(F)F)C(F)(F)F)cc1. The van der Waals surface area contributed by atoms with E-state index >= 15 is 0 Å². The first-order valence-corrected chi connectivity index (χ1v) is 11.4. The lowest BCUT2D eigenvalue weighted by atomic mass is 10.2. The molecule has 0 saturated heterocycles. The van der Waals surface area contributed by atoms with Gasteiger partial charge in [-0.1, -0.05) is 35.4 Å². The Bertz CT molecular complexity index is 1040. The molecule has 0 radical (unpaired) electrons. The first-order valence-electron chi connectivity index (χ1n) is 8.57. The van der Waals surface area contributed by atoms with Gasteiger partial charge in [-0.2, -0.15) is 43.2 Å². The molecule has 2 aromatic rings. The predicted octanol–water partition coefficient (Wildman–Crippen LogP) is 4.28. The van der Waals surface area contributed by atoms with E-state index in [9.17, 15) is 43.2 Å². The monoisotopic (exact) mass is 506 g/mol. The smallest absolute Gasteiger partial charge is 0.250 e. The van der Waals surface area contributed by atoms with Crippen LogP contribution in [0.2, 0.25) is 0 Å². The minimum absolute atomic E-state index is 0.511. The first kappa shape index (κ1) is 26.1. The Kier molecular flexibility index (Phi) is 7.34. The predicted molar refractivity (Wildman–Crippen MR) is 98.6 cm³/mol. The van der Waals surface area contributed by atoms with Gasteiger partial charge in [-0.3, -0.25) is 8.37 Å². The van der Waals surface area contributed by atoms with E-state index in [-0.39, 0.29) is 0 Å². The molecule has 0 amide bonds. The van der Waals surface area contributed by atoms with E-state index in [1.54, 1.807) is 0 Å². The summed E-state index contributed by atoms with van der Waals surface area (Å²) in [6, 6.07) is 8.01. The van der Waals surface area contributed by atoms with E-state index in [2.05, 4.69) is 8.37 Å². The van der Waals surface area contributed by atoms with Gasteiger partial charge in [0.1, 0.15) is 0 Å². The highest BCUT2D eigenvalue weighted by atomic mass is 32.2. The number of rotatable bonds is 7. The number of benzene rings is 2. The Labute approximate surface area is 180 Å². The van der Waals surface area contributed by atoms with Crippen LogP contribution in [0, 0.1) is 13.8 Å². The van der Waals surface area contributed by atoms with Crippen molar-refractivity contribution in [1.82, 2.24) is 0 Å². The maximum Gasteiger partial charge on any atom is 0.419 e. The molecule has 2 rings (SSSR count). The van der Waals surface area contributed by atoms with Gasteiger partial charge in [-0.15, -0.1) is 0 Å². The summed E-state index contributed by atoms with van der Waals surface area (Å²) in [6.07, 6.45) is -20.3. The van der Waals surface area contributed by atoms with Crippen molar-refractivity contribution in [2.75, 3.05) is 0 Å². The van der Waals surface area contributed by atoms with Crippen molar-refractivity contribution < 1.29 is 51.5 Å². The van der Waals surface area contributed by atoms with Crippen LogP contribution < -0.4 is 0 Å². The first-order chi connectivity index (χ1) is 14.4. The molecule has 0 N–H and O–H groups in total. The summed E-state index contributed by atoms with van der Waals surface area (Å²) in [5.74, 6) is 0. The van der Waals surface area contributed by atoms with Crippen LogP contribution in [-0.4, -0.2) is 41.4 Å². The van der Waals surface area contributed by atoms with E-state index in [0.717, 1.165) is 24.3 Å². The Morgan fingerprint density at radius 2 is 0.844 bits per heavy atom. The third-order valence-corrected chi connectivity index (χ3v) is 6.62. The van der Waals surface area contributed by atoms with Crippen molar-refractivity contribution >= 4 is 20.2 Å². The average molecular weight is 506 g/mol. The van der Waals surface area contributed by atoms with Crippen molar-refractivity contribution in [3.63, 3.8) is 0 Å². The second kappa shape index (κ2) is 9.00. The summed E-state index contributed by atoms with van der Waals surface area (Å²) in [5, 5.41) is 0. The number of hydrogen-bond acceptors (Lipinski definition) is 6. The molecule has 14 heteroatoms. The maximum atomic E-state index is 13.5. The Morgan fingerprint density at radius 3 is 1.06 bits per heavy atom. The molecule has 0 aromatic heterocycles. The third-order valence-electron chi connectivity index (χ3n) is 4.00. The number of hydrogen-bond donors (Lipinski definition) is 0. The van der Waals surface area contributed by atoms with Gasteiger partial charge in [0.15, 0.2) is 0 Å². The topological polar surface area (TPSA) is 86.7 Å². The molecule has 0 aliphatic heterocycles. The highest BCUT2D eigenvalue weighted by Crippen LogP contribution is 2.38. The van der Waals surface area contributed by atoms with Gasteiger partial charge in [-0.25, -0.2) is 0 Å². The minimum atomic E-state index is -5.97. The second-order valence-electron chi connectivity index (χ2n) is 6.65. The van der Waals surface area contributed by atoms with E-state index in [4.69, 9.17) is 0 Å². The zero-order valence-corrected chi connectivity index (χ0v) is 17.9. The summed E-state index contributed by atoms with van der Waals surface area (Å²) in [7, 11) is -10.8. The number of halogens is 6. The van der Waals surface area contributed by atoms with Gasteiger partial charge in [0, 0.05) is 0 Å². The molecule has 0 aliphatic carbocycles. The largest absolute Gasteiger partial charge is 0.419 e.